The van der Waals surface area contributed by atoms with Crippen molar-refractivity contribution >= 4 is 43.2 Å². The van der Waals surface area contributed by atoms with Crippen molar-refractivity contribution in [3.63, 3.8) is 0 Å². The van der Waals surface area contributed by atoms with Crippen LogP contribution in [-0.4, -0.2) is 7.11 Å². The first-order chi connectivity index (χ1) is 8.60. The molecule has 18 heavy (non-hydrogen) atoms. The van der Waals surface area contributed by atoms with Gasteiger partial charge in [0.2, 0.25) is 0 Å². The standard InChI is InChI=1S/C14H14Br2OS/c1-9-7-12(15)14(18-9)13(16)8-10-3-5-11(17-2)6-4-10/h3-7,13H,8H2,1-2H3. The Kier molecular flexibility index (Phi) is 4.87. The molecule has 1 unspecified atom stereocenters. The summed E-state index contributed by atoms with van der Waals surface area (Å²) in [6.07, 6.45) is 0.975. The molecule has 0 N–H and O–H groups in total. The van der Waals surface area contributed by atoms with Gasteiger partial charge in [-0.05, 0) is 53.0 Å². The maximum atomic E-state index is 5.16. The van der Waals surface area contributed by atoms with Crippen LogP contribution < -0.4 is 4.74 Å². The van der Waals surface area contributed by atoms with Gasteiger partial charge in [-0.15, -0.1) is 11.3 Å². The summed E-state index contributed by atoms with van der Waals surface area (Å²) in [7, 11) is 1.69. The Morgan fingerprint density at radius 3 is 2.44 bits per heavy atom. The van der Waals surface area contributed by atoms with E-state index in [1.807, 2.05) is 23.5 Å². The molecule has 0 aliphatic heterocycles. The first kappa shape index (κ1) is 14.1. The van der Waals surface area contributed by atoms with Gasteiger partial charge in [0, 0.05) is 14.2 Å². The van der Waals surface area contributed by atoms with Crippen LogP contribution in [0.4, 0.5) is 0 Å². The van der Waals surface area contributed by atoms with Crippen molar-refractivity contribution in [1.29, 1.82) is 0 Å². The fourth-order valence-electron chi connectivity index (χ4n) is 1.78. The molecule has 0 amide bonds. The van der Waals surface area contributed by atoms with Crippen LogP contribution >= 0.6 is 43.2 Å². The van der Waals surface area contributed by atoms with Gasteiger partial charge < -0.3 is 4.74 Å². The molecule has 1 aromatic carbocycles. The molecule has 0 saturated heterocycles. The van der Waals surface area contributed by atoms with Crippen LogP contribution in [0.15, 0.2) is 34.8 Å². The molecule has 96 valence electrons. The molecular weight excluding hydrogens is 376 g/mol. The summed E-state index contributed by atoms with van der Waals surface area (Å²) in [4.78, 5) is 3.03. The summed E-state index contributed by atoms with van der Waals surface area (Å²) in [5.41, 5.74) is 1.30. The van der Waals surface area contributed by atoms with E-state index in [1.165, 1.54) is 19.8 Å². The second-order valence-corrected chi connectivity index (χ2v) is 7.34. The average molecular weight is 390 g/mol. The van der Waals surface area contributed by atoms with E-state index in [1.54, 1.807) is 7.11 Å². The van der Waals surface area contributed by atoms with E-state index < -0.39 is 0 Å². The number of methoxy groups -OCH3 is 1. The Labute approximate surface area is 128 Å². The lowest BCUT2D eigenvalue weighted by Crippen LogP contribution is -1.94. The first-order valence-corrected chi connectivity index (χ1v) is 8.15. The number of hydrogen-bond donors (Lipinski definition) is 0. The second-order valence-electron chi connectivity index (χ2n) is 4.09. The topological polar surface area (TPSA) is 9.23 Å². The zero-order valence-electron chi connectivity index (χ0n) is 10.2. The maximum absolute atomic E-state index is 5.16. The lowest BCUT2D eigenvalue weighted by Gasteiger charge is -2.09. The van der Waals surface area contributed by atoms with E-state index in [-0.39, 0.29) is 0 Å². The van der Waals surface area contributed by atoms with Gasteiger partial charge in [0.25, 0.3) is 0 Å². The zero-order valence-corrected chi connectivity index (χ0v) is 14.2. The molecule has 0 aliphatic carbocycles. The van der Waals surface area contributed by atoms with Crippen molar-refractivity contribution in [2.45, 2.75) is 18.2 Å². The second kappa shape index (κ2) is 6.22. The predicted molar refractivity (Wildman–Crippen MR) is 85.1 cm³/mol. The number of rotatable bonds is 4. The van der Waals surface area contributed by atoms with Gasteiger partial charge in [-0.3, -0.25) is 0 Å². The van der Waals surface area contributed by atoms with E-state index in [4.69, 9.17) is 4.74 Å². The van der Waals surface area contributed by atoms with Crippen LogP contribution in [0.1, 0.15) is 20.1 Å². The lowest BCUT2D eigenvalue weighted by atomic mass is 10.1. The van der Waals surface area contributed by atoms with Crippen LogP contribution in [0, 0.1) is 6.92 Å². The van der Waals surface area contributed by atoms with Gasteiger partial charge in [0.15, 0.2) is 0 Å². The summed E-state index contributed by atoms with van der Waals surface area (Å²) >= 11 is 9.22. The van der Waals surface area contributed by atoms with Crippen molar-refractivity contribution in [3.05, 3.63) is 50.1 Å². The molecular formula is C14H14Br2OS. The number of hydrogen-bond acceptors (Lipinski definition) is 2. The molecule has 0 bridgehead atoms. The number of ether oxygens (including phenoxy) is 1. The van der Waals surface area contributed by atoms with Crippen molar-refractivity contribution < 1.29 is 4.74 Å². The van der Waals surface area contributed by atoms with Crippen LogP contribution in [0.3, 0.4) is 0 Å². The summed E-state index contributed by atoms with van der Waals surface area (Å²) in [5, 5.41) is 0. The molecule has 0 spiro atoms. The Morgan fingerprint density at radius 2 is 1.94 bits per heavy atom. The van der Waals surface area contributed by atoms with Crippen molar-refractivity contribution in [2.75, 3.05) is 7.11 Å². The smallest absolute Gasteiger partial charge is 0.118 e. The molecule has 0 aliphatic rings. The van der Waals surface area contributed by atoms with Gasteiger partial charge in [0.05, 0.1) is 11.9 Å². The van der Waals surface area contributed by atoms with Gasteiger partial charge in [-0.2, -0.15) is 0 Å². The highest BCUT2D eigenvalue weighted by Crippen LogP contribution is 2.38. The van der Waals surface area contributed by atoms with E-state index in [9.17, 15) is 0 Å². The van der Waals surface area contributed by atoms with E-state index >= 15 is 0 Å². The van der Waals surface area contributed by atoms with Crippen molar-refractivity contribution in [3.8, 4) is 5.75 Å². The highest BCUT2D eigenvalue weighted by atomic mass is 79.9. The summed E-state index contributed by atoms with van der Waals surface area (Å²) < 4.78 is 6.36. The molecule has 1 aromatic heterocycles. The molecule has 2 aromatic rings. The van der Waals surface area contributed by atoms with Gasteiger partial charge in [0.1, 0.15) is 5.75 Å². The Morgan fingerprint density at radius 1 is 1.28 bits per heavy atom. The molecule has 2 rings (SSSR count). The number of aryl methyl sites for hydroxylation is 1. The Bertz CT molecular complexity index is 519. The van der Waals surface area contributed by atoms with E-state index in [0.717, 1.165) is 12.2 Å². The molecule has 0 fully saturated rings. The molecule has 1 atom stereocenters. The number of alkyl halides is 1. The monoisotopic (exact) mass is 388 g/mol. The maximum Gasteiger partial charge on any atom is 0.118 e. The Balaban J connectivity index is 2.10. The molecule has 1 nitrogen and oxygen atoms in total. The van der Waals surface area contributed by atoms with Crippen LogP contribution in [-0.2, 0) is 6.42 Å². The minimum absolute atomic E-state index is 0.346. The lowest BCUT2D eigenvalue weighted by molar-refractivity contribution is 0.414. The average Bonchev–Trinajstić information content (AvgIpc) is 2.69. The zero-order chi connectivity index (χ0) is 13.1. The molecule has 4 heteroatoms. The third-order valence-corrected chi connectivity index (χ3v) is 5.86. The highest BCUT2D eigenvalue weighted by Gasteiger charge is 2.14. The fourth-order valence-corrected chi connectivity index (χ4v) is 4.89. The van der Waals surface area contributed by atoms with E-state index in [2.05, 4.69) is 57.0 Å². The summed E-state index contributed by atoms with van der Waals surface area (Å²) in [5.74, 6) is 0.901. The number of thiophene rings is 1. The number of benzene rings is 1. The van der Waals surface area contributed by atoms with Gasteiger partial charge in [-0.25, -0.2) is 0 Å². The van der Waals surface area contributed by atoms with E-state index in [0.29, 0.717) is 4.83 Å². The van der Waals surface area contributed by atoms with Crippen LogP contribution in [0.25, 0.3) is 0 Å². The Hall–Kier alpha value is -0.320. The van der Waals surface area contributed by atoms with Gasteiger partial charge >= 0.3 is 0 Å². The van der Waals surface area contributed by atoms with Crippen LogP contribution in [0.2, 0.25) is 0 Å². The molecule has 0 radical (unpaired) electrons. The normalized spacial score (nSPS) is 12.4. The van der Waals surface area contributed by atoms with Crippen molar-refractivity contribution in [1.82, 2.24) is 0 Å². The largest absolute Gasteiger partial charge is 0.497 e. The first-order valence-electron chi connectivity index (χ1n) is 5.63. The fraction of sp³-hybridized carbons (Fsp3) is 0.286. The predicted octanol–water partition coefficient (Wildman–Crippen LogP) is 5.51. The van der Waals surface area contributed by atoms with Crippen molar-refractivity contribution in [2.24, 2.45) is 0 Å². The SMILES string of the molecule is COc1ccc(CC(Br)c2sc(C)cc2Br)cc1. The summed E-state index contributed by atoms with van der Waals surface area (Å²) in [6.45, 7) is 2.13. The third kappa shape index (κ3) is 3.37. The molecule has 0 saturated carbocycles. The minimum Gasteiger partial charge on any atom is -0.497 e. The quantitative estimate of drug-likeness (QED) is 0.626. The highest BCUT2D eigenvalue weighted by molar-refractivity contribution is 9.11. The minimum atomic E-state index is 0.346. The molecule has 1 heterocycles. The summed E-state index contributed by atoms with van der Waals surface area (Å²) in [6, 6.07) is 10.4. The van der Waals surface area contributed by atoms with Gasteiger partial charge in [-0.1, -0.05) is 28.1 Å². The van der Waals surface area contributed by atoms with Crippen LogP contribution in [0.5, 0.6) is 5.75 Å². The third-order valence-electron chi connectivity index (χ3n) is 2.69. The number of halogens is 2.